The van der Waals surface area contributed by atoms with Gasteiger partial charge in [0.2, 0.25) is 0 Å². The van der Waals surface area contributed by atoms with E-state index in [1.54, 1.807) is 0 Å². The van der Waals surface area contributed by atoms with Crippen molar-refractivity contribution in [3.8, 4) is 22.5 Å². The summed E-state index contributed by atoms with van der Waals surface area (Å²) in [5.74, 6) is 0. The Morgan fingerprint density at radius 3 is 1.69 bits per heavy atom. The predicted molar refractivity (Wildman–Crippen MR) is 193 cm³/mol. The van der Waals surface area contributed by atoms with E-state index >= 15 is 0 Å². The predicted octanol–water partition coefficient (Wildman–Crippen LogP) is 11.9. The molecule has 0 spiro atoms. The Labute approximate surface area is 263 Å². The molecule has 0 amide bonds. The number of rotatable bonds is 3. The van der Waals surface area contributed by atoms with Crippen molar-refractivity contribution in [1.29, 1.82) is 0 Å². The first-order valence-corrected chi connectivity index (χ1v) is 16.2. The summed E-state index contributed by atoms with van der Waals surface area (Å²) in [6.45, 7) is 0. The second kappa shape index (κ2) is 9.43. The lowest BCUT2D eigenvalue weighted by Gasteiger charge is -2.15. The molecule has 0 aliphatic heterocycles. The largest absolute Gasteiger partial charge is 0.309 e. The number of aromatic nitrogens is 2. The third-order valence-electron chi connectivity index (χ3n) is 9.32. The van der Waals surface area contributed by atoms with Crippen LogP contribution < -0.4 is 0 Å². The van der Waals surface area contributed by atoms with Gasteiger partial charge in [-0.2, -0.15) is 0 Å². The van der Waals surface area contributed by atoms with Gasteiger partial charge in [-0.25, -0.2) is 0 Å². The minimum atomic E-state index is 1.17. The van der Waals surface area contributed by atoms with Crippen molar-refractivity contribution in [1.82, 2.24) is 9.13 Å². The molecule has 3 heterocycles. The van der Waals surface area contributed by atoms with Crippen LogP contribution in [0.3, 0.4) is 0 Å². The summed E-state index contributed by atoms with van der Waals surface area (Å²) in [4.78, 5) is 0. The van der Waals surface area contributed by atoms with E-state index in [0.29, 0.717) is 0 Å². The Morgan fingerprint density at radius 1 is 0.356 bits per heavy atom. The van der Waals surface area contributed by atoms with Gasteiger partial charge in [-0.1, -0.05) is 109 Å². The van der Waals surface area contributed by atoms with Crippen LogP contribution in [0.15, 0.2) is 158 Å². The molecular weight excluding hydrogens is 565 g/mol. The zero-order chi connectivity index (χ0) is 29.5. The number of hydrogen-bond donors (Lipinski definition) is 0. The fourth-order valence-corrected chi connectivity index (χ4v) is 8.63. The van der Waals surface area contributed by atoms with Gasteiger partial charge in [-0.05, 0) is 48.5 Å². The molecule has 0 N–H and O–H groups in total. The molecule has 2 nitrogen and oxygen atoms in total. The van der Waals surface area contributed by atoms with Crippen molar-refractivity contribution >= 4 is 75.1 Å². The molecular formula is C42H26N2S. The molecule has 0 aliphatic carbocycles. The molecule has 3 aromatic heterocycles. The summed E-state index contributed by atoms with van der Waals surface area (Å²) in [5, 5.41) is 7.68. The second-order valence-electron chi connectivity index (χ2n) is 11.7. The molecule has 210 valence electrons. The molecule has 0 radical (unpaired) electrons. The Bertz CT molecular complexity index is 2760. The average Bonchev–Trinajstić information content (AvgIpc) is 3.75. The first-order valence-electron chi connectivity index (χ1n) is 15.4. The van der Waals surface area contributed by atoms with Crippen LogP contribution in [0.5, 0.6) is 0 Å². The van der Waals surface area contributed by atoms with Gasteiger partial charge in [0.15, 0.2) is 0 Å². The van der Waals surface area contributed by atoms with E-state index in [-0.39, 0.29) is 0 Å². The highest BCUT2D eigenvalue weighted by Gasteiger charge is 2.20. The molecule has 45 heavy (non-hydrogen) atoms. The van der Waals surface area contributed by atoms with Gasteiger partial charge >= 0.3 is 0 Å². The van der Waals surface area contributed by atoms with Crippen molar-refractivity contribution in [2.75, 3.05) is 0 Å². The first kappa shape index (κ1) is 24.8. The van der Waals surface area contributed by atoms with Crippen LogP contribution in [-0.2, 0) is 0 Å². The minimum Gasteiger partial charge on any atom is -0.309 e. The van der Waals surface area contributed by atoms with Crippen LogP contribution in [0.1, 0.15) is 0 Å². The number of para-hydroxylation sites is 4. The van der Waals surface area contributed by atoms with E-state index in [4.69, 9.17) is 0 Å². The summed E-state index contributed by atoms with van der Waals surface area (Å²) in [5.41, 5.74) is 9.76. The standard InChI is InChI=1S/C42H26N2S/c1-2-13-27(14-3-1)43-36-21-8-5-16-29(36)34-26-40-35(25-39(34)43)30-17-6-10-23-38(30)44(40)37-22-9-4-15-28(37)32-19-12-20-33-31-18-7-11-24-41(31)45-42(32)33/h1-26H. The minimum absolute atomic E-state index is 1.17. The van der Waals surface area contributed by atoms with Crippen LogP contribution in [0.2, 0.25) is 0 Å². The quantitative estimate of drug-likeness (QED) is 0.194. The molecule has 10 aromatic rings. The Morgan fingerprint density at radius 2 is 0.911 bits per heavy atom. The fraction of sp³-hybridized carbons (Fsp3) is 0. The molecule has 0 saturated carbocycles. The average molecular weight is 591 g/mol. The Balaban J connectivity index is 1.32. The van der Waals surface area contributed by atoms with E-state index < -0.39 is 0 Å². The highest BCUT2D eigenvalue weighted by molar-refractivity contribution is 7.26. The normalized spacial score (nSPS) is 12.0. The van der Waals surface area contributed by atoms with Crippen LogP contribution in [0, 0.1) is 0 Å². The van der Waals surface area contributed by atoms with Crippen molar-refractivity contribution in [3.63, 3.8) is 0 Å². The summed E-state index contributed by atoms with van der Waals surface area (Å²) in [6, 6.07) is 57.6. The molecule has 10 rings (SSSR count). The maximum Gasteiger partial charge on any atom is 0.0549 e. The molecule has 0 unspecified atom stereocenters. The van der Waals surface area contributed by atoms with Crippen LogP contribution >= 0.6 is 11.3 Å². The van der Waals surface area contributed by atoms with Crippen molar-refractivity contribution in [2.24, 2.45) is 0 Å². The maximum absolute atomic E-state index is 2.49. The lowest BCUT2D eigenvalue weighted by Crippen LogP contribution is -1.97. The summed E-state index contributed by atoms with van der Waals surface area (Å²) in [6.07, 6.45) is 0. The molecule has 0 aliphatic rings. The zero-order valence-electron chi connectivity index (χ0n) is 24.3. The van der Waals surface area contributed by atoms with E-state index in [1.165, 1.54) is 86.3 Å². The van der Waals surface area contributed by atoms with Gasteiger partial charge in [0.1, 0.15) is 0 Å². The smallest absolute Gasteiger partial charge is 0.0549 e. The van der Waals surface area contributed by atoms with E-state index in [2.05, 4.69) is 167 Å². The summed E-state index contributed by atoms with van der Waals surface area (Å²) < 4.78 is 7.55. The Kier molecular flexibility index (Phi) is 5.19. The van der Waals surface area contributed by atoms with Gasteiger partial charge in [0.05, 0.1) is 27.8 Å². The number of fused-ring (bicyclic) bond motifs is 9. The molecule has 3 heteroatoms. The van der Waals surface area contributed by atoms with Crippen LogP contribution in [-0.4, -0.2) is 9.13 Å². The molecule has 0 saturated heterocycles. The van der Waals surface area contributed by atoms with Gasteiger partial charge in [0, 0.05) is 58.5 Å². The van der Waals surface area contributed by atoms with E-state index in [1.807, 2.05) is 11.3 Å². The highest BCUT2D eigenvalue weighted by atomic mass is 32.1. The molecule has 7 aromatic carbocycles. The van der Waals surface area contributed by atoms with Gasteiger partial charge in [-0.15, -0.1) is 11.3 Å². The number of nitrogens with zero attached hydrogens (tertiary/aromatic N) is 2. The Hall–Kier alpha value is -5.64. The monoisotopic (exact) mass is 590 g/mol. The molecule has 0 atom stereocenters. The lowest BCUT2D eigenvalue weighted by atomic mass is 10.0. The van der Waals surface area contributed by atoms with Gasteiger partial charge < -0.3 is 9.13 Å². The third kappa shape index (κ3) is 3.50. The fourth-order valence-electron chi connectivity index (χ4n) is 7.40. The SMILES string of the molecule is c1ccc(-n2c3ccccc3c3cc4c(cc32)c2ccccc2n4-c2ccccc2-c2cccc3c2sc2ccccc23)cc1. The lowest BCUT2D eigenvalue weighted by molar-refractivity contribution is 1.18. The number of benzene rings is 7. The van der Waals surface area contributed by atoms with Crippen molar-refractivity contribution < 1.29 is 0 Å². The van der Waals surface area contributed by atoms with Gasteiger partial charge in [0.25, 0.3) is 0 Å². The van der Waals surface area contributed by atoms with E-state index in [9.17, 15) is 0 Å². The third-order valence-corrected chi connectivity index (χ3v) is 10.5. The summed E-state index contributed by atoms with van der Waals surface area (Å²) >= 11 is 1.89. The first-order chi connectivity index (χ1) is 22.3. The van der Waals surface area contributed by atoms with Crippen LogP contribution in [0.25, 0.3) is 86.3 Å². The van der Waals surface area contributed by atoms with Gasteiger partial charge in [-0.3, -0.25) is 0 Å². The number of hydrogen-bond acceptors (Lipinski definition) is 1. The number of thiophene rings is 1. The highest BCUT2D eigenvalue weighted by Crippen LogP contribution is 2.44. The maximum atomic E-state index is 2.49. The van der Waals surface area contributed by atoms with E-state index in [0.717, 1.165) is 0 Å². The zero-order valence-corrected chi connectivity index (χ0v) is 25.1. The van der Waals surface area contributed by atoms with Crippen molar-refractivity contribution in [2.45, 2.75) is 0 Å². The van der Waals surface area contributed by atoms with Crippen molar-refractivity contribution in [3.05, 3.63) is 158 Å². The summed E-state index contributed by atoms with van der Waals surface area (Å²) in [7, 11) is 0. The topological polar surface area (TPSA) is 9.86 Å². The molecule has 0 fully saturated rings. The second-order valence-corrected chi connectivity index (χ2v) is 12.8. The van der Waals surface area contributed by atoms with Crippen LogP contribution in [0.4, 0.5) is 0 Å². The molecule has 0 bridgehead atoms.